The second kappa shape index (κ2) is 5.02. The first kappa shape index (κ1) is 12.3. The molecule has 2 rings (SSSR count). The van der Waals surface area contributed by atoms with Crippen LogP contribution in [0.5, 0.6) is 0 Å². The van der Waals surface area contributed by atoms with E-state index in [-0.39, 0.29) is 6.04 Å². The van der Waals surface area contributed by atoms with Crippen molar-refractivity contribution in [3.63, 3.8) is 0 Å². The van der Waals surface area contributed by atoms with Crippen LogP contribution in [0.25, 0.3) is 0 Å². The summed E-state index contributed by atoms with van der Waals surface area (Å²) < 4.78 is 22.8. The van der Waals surface area contributed by atoms with Crippen molar-refractivity contribution in [3.8, 4) is 0 Å². The summed E-state index contributed by atoms with van der Waals surface area (Å²) in [5.74, 6) is 1.44. The monoisotopic (exact) mass is 246 g/mol. The Bertz CT molecular complexity index is 323. The minimum atomic E-state index is -2.74. The van der Waals surface area contributed by atoms with E-state index < -0.39 is 9.84 Å². The van der Waals surface area contributed by atoms with Crippen molar-refractivity contribution in [3.05, 3.63) is 0 Å². The molecule has 2 fully saturated rings. The van der Waals surface area contributed by atoms with Crippen LogP contribution in [0.2, 0.25) is 0 Å². The first-order chi connectivity index (χ1) is 7.57. The van der Waals surface area contributed by atoms with Gasteiger partial charge < -0.3 is 10.2 Å². The molecule has 5 heteroatoms. The first-order valence-corrected chi connectivity index (χ1v) is 8.00. The molecule has 0 amide bonds. The van der Waals surface area contributed by atoms with Gasteiger partial charge in [0.25, 0.3) is 0 Å². The largest absolute Gasteiger partial charge is 0.316 e. The van der Waals surface area contributed by atoms with E-state index in [0.717, 1.165) is 26.1 Å². The SMILES string of the molecule is CN(CC1CCCNC1)C1CCS(=O)(=O)C1. The van der Waals surface area contributed by atoms with Crippen molar-refractivity contribution in [2.75, 3.05) is 38.2 Å². The molecule has 94 valence electrons. The van der Waals surface area contributed by atoms with Gasteiger partial charge in [-0.3, -0.25) is 0 Å². The molecule has 2 heterocycles. The van der Waals surface area contributed by atoms with Crippen LogP contribution in [0.1, 0.15) is 19.3 Å². The normalized spacial score (nSPS) is 34.4. The number of piperidine rings is 1. The van der Waals surface area contributed by atoms with Crippen LogP contribution in [0.3, 0.4) is 0 Å². The first-order valence-electron chi connectivity index (χ1n) is 6.18. The average Bonchev–Trinajstić information content (AvgIpc) is 2.60. The summed E-state index contributed by atoms with van der Waals surface area (Å²) >= 11 is 0. The van der Waals surface area contributed by atoms with Crippen molar-refractivity contribution < 1.29 is 8.42 Å². The highest BCUT2D eigenvalue weighted by molar-refractivity contribution is 7.91. The number of rotatable bonds is 3. The lowest BCUT2D eigenvalue weighted by Crippen LogP contribution is -2.41. The maximum Gasteiger partial charge on any atom is 0.151 e. The Hall–Kier alpha value is -0.130. The van der Waals surface area contributed by atoms with Crippen molar-refractivity contribution in [1.82, 2.24) is 10.2 Å². The second-order valence-corrected chi connectivity index (χ2v) is 7.44. The van der Waals surface area contributed by atoms with E-state index >= 15 is 0 Å². The number of nitrogens with zero attached hydrogens (tertiary/aromatic N) is 1. The van der Waals surface area contributed by atoms with Crippen LogP contribution >= 0.6 is 0 Å². The highest BCUT2D eigenvalue weighted by Gasteiger charge is 2.31. The fraction of sp³-hybridized carbons (Fsp3) is 1.00. The summed E-state index contributed by atoms with van der Waals surface area (Å²) in [6.45, 7) is 3.26. The quantitative estimate of drug-likeness (QED) is 0.767. The van der Waals surface area contributed by atoms with Gasteiger partial charge in [0.15, 0.2) is 9.84 Å². The zero-order valence-corrected chi connectivity index (χ0v) is 10.8. The van der Waals surface area contributed by atoms with E-state index in [4.69, 9.17) is 0 Å². The van der Waals surface area contributed by atoms with E-state index in [0.29, 0.717) is 17.4 Å². The molecule has 0 bridgehead atoms. The lowest BCUT2D eigenvalue weighted by Gasteiger charge is -2.30. The number of sulfone groups is 1. The van der Waals surface area contributed by atoms with Crippen LogP contribution in [-0.2, 0) is 9.84 Å². The molecule has 0 saturated carbocycles. The summed E-state index contributed by atoms with van der Waals surface area (Å²) in [5.41, 5.74) is 0. The smallest absolute Gasteiger partial charge is 0.151 e. The summed E-state index contributed by atoms with van der Waals surface area (Å²) in [6, 6.07) is 0.256. The molecule has 0 aromatic rings. The van der Waals surface area contributed by atoms with Gasteiger partial charge in [-0.15, -0.1) is 0 Å². The highest BCUT2D eigenvalue weighted by Crippen LogP contribution is 2.19. The molecule has 2 saturated heterocycles. The van der Waals surface area contributed by atoms with Crippen molar-refractivity contribution >= 4 is 9.84 Å². The van der Waals surface area contributed by atoms with Crippen LogP contribution in [0, 0.1) is 5.92 Å². The minimum Gasteiger partial charge on any atom is -0.316 e. The van der Waals surface area contributed by atoms with Crippen LogP contribution in [0.15, 0.2) is 0 Å². The molecule has 1 N–H and O–H groups in total. The summed E-state index contributed by atoms with van der Waals surface area (Å²) in [4.78, 5) is 2.25. The summed E-state index contributed by atoms with van der Waals surface area (Å²) in [5, 5.41) is 3.40. The van der Waals surface area contributed by atoms with Gasteiger partial charge in [-0.2, -0.15) is 0 Å². The molecule has 0 spiro atoms. The van der Waals surface area contributed by atoms with Crippen molar-refractivity contribution in [2.45, 2.75) is 25.3 Å². The fourth-order valence-electron chi connectivity index (χ4n) is 2.76. The molecule has 0 aromatic carbocycles. The standard InChI is InChI=1S/C11H22N2O2S/c1-13(8-10-3-2-5-12-7-10)11-4-6-16(14,15)9-11/h10-12H,2-9H2,1H3. The molecule has 2 aliphatic rings. The molecule has 0 aliphatic carbocycles. The Morgan fingerprint density at radius 1 is 1.38 bits per heavy atom. The number of nitrogens with one attached hydrogen (secondary N) is 1. The van der Waals surface area contributed by atoms with Gasteiger partial charge in [-0.25, -0.2) is 8.42 Å². The average molecular weight is 246 g/mol. The van der Waals surface area contributed by atoms with E-state index in [1.165, 1.54) is 12.8 Å². The zero-order chi connectivity index (χ0) is 11.6. The lowest BCUT2D eigenvalue weighted by molar-refractivity contribution is 0.201. The molecule has 4 nitrogen and oxygen atoms in total. The Labute approximate surface area is 98.3 Å². The van der Waals surface area contributed by atoms with Gasteiger partial charge in [-0.1, -0.05) is 0 Å². The van der Waals surface area contributed by atoms with Gasteiger partial charge in [0, 0.05) is 12.6 Å². The van der Waals surface area contributed by atoms with Crippen molar-refractivity contribution in [2.24, 2.45) is 5.92 Å². The van der Waals surface area contributed by atoms with Gasteiger partial charge >= 0.3 is 0 Å². The van der Waals surface area contributed by atoms with Crippen LogP contribution in [0.4, 0.5) is 0 Å². The van der Waals surface area contributed by atoms with Gasteiger partial charge in [-0.05, 0) is 45.3 Å². The highest BCUT2D eigenvalue weighted by atomic mass is 32.2. The Balaban J connectivity index is 1.81. The Kier molecular flexibility index (Phi) is 3.87. The third-order valence-corrected chi connectivity index (χ3v) is 5.53. The van der Waals surface area contributed by atoms with E-state index in [1.54, 1.807) is 0 Å². The molecule has 0 aromatic heterocycles. The van der Waals surface area contributed by atoms with E-state index in [2.05, 4.69) is 17.3 Å². The maximum absolute atomic E-state index is 11.4. The third-order valence-electron chi connectivity index (χ3n) is 3.78. The van der Waals surface area contributed by atoms with E-state index in [1.807, 2.05) is 0 Å². The van der Waals surface area contributed by atoms with Gasteiger partial charge in [0.1, 0.15) is 0 Å². The van der Waals surface area contributed by atoms with Crippen LogP contribution in [-0.4, -0.2) is 57.5 Å². The fourth-order valence-corrected chi connectivity index (χ4v) is 4.56. The molecule has 2 aliphatic heterocycles. The molecule has 16 heavy (non-hydrogen) atoms. The summed E-state index contributed by atoms with van der Waals surface area (Å²) in [7, 11) is -0.669. The number of hydrogen-bond donors (Lipinski definition) is 1. The van der Waals surface area contributed by atoms with Gasteiger partial charge in [0.2, 0.25) is 0 Å². The molecule has 2 unspecified atom stereocenters. The van der Waals surface area contributed by atoms with Gasteiger partial charge in [0.05, 0.1) is 11.5 Å². The number of hydrogen-bond acceptors (Lipinski definition) is 4. The molecular formula is C11H22N2O2S. The summed E-state index contributed by atoms with van der Waals surface area (Å²) in [6.07, 6.45) is 3.34. The topological polar surface area (TPSA) is 49.4 Å². The lowest BCUT2D eigenvalue weighted by atomic mass is 9.98. The second-order valence-electron chi connectivity index (χ2n) is 5.21. The third kappa shape index (κ3) is 3.18. The Morgan fingerprint density at radius 3 is 2.75 bits per heavy atom. The Morgan fingerprint density at radius 2 is 2.19 bits per heavy atom. The predicted molar refractivity (Wildman–Crippen MR) is 65.3 cm³/mol. The molecule has 0 radical (unpaired) electrons. The molecule has 2 atom stereocenters. The van der Waals surface area contributed by atoms with Crippen LogP contribution < -0.4 is 5.32 Å². The van der Waals surface area contributed by atoms with Crippen molar-refractivity contribution in [1.29, 1.82) is 0 Å². The molecular weight excluding hydrogens is 224 g/mol. The zero-order valence-electron chi connectivity index (χ0n) is 9.98. The predicted octanol–water partition coefficient (Wildman–Crippen LogP) is 0.105. The minimum absolute atomic E-state index is 0.256. The van der Waals surface area contributed by atoms with E-state index in [9.17, 15) is 8.42 Å². The maximum atomic E-state index is 11.4.